The number of carbonyl (C=O) groups is 2. The van der Waals surface area contributed by atoms with Gasteiger partial charge >= 0.3 is 0 Å². The molecule has 0 unspecified atom stereocenters. The number of methoxy groups -OCH3 is 1. The van der Waals surface area contributed by atoms with E-state index in [2.05, 4.69) is 16.0 Å². The average Bonchev–Trinajstić information content (AvgIpc) is 2.79. The minimum absolute atomic E-state index is 0.0948. The van der Waals surface area contributed by atoms with Crippen LogP contribution in [0, 0.1) is 17.0 Å². The number of carbonyl (C=O) groups excluding carboxylic acids is 2. The van der Waals surface area contributed by atoms with E-state index in [1.807, 2.05) is 0 Å². The molecule has 0 aromatic heterocycles. The van der Waals surface area contributed by atoms with Crippen LogP contribution in [-0.2, 0) is 4.79 Å². The van der Waals surface area contributed by atoms with Gasteiger partial charge in [0.05, 0.1) is 18.6 Å². The Morgan fingerprint density at radius 2 is 1.59 bits per heavy atom. The Morgan fingerprint density at radius 1 is 0.938 bits per heavy atom. The number of nitro groups is 1. The van der Waals surface area contributed by atoms with Crippen LogP contribution in [-0.4, -0.2) is 30.4 Å². The van der Waals surface area contributed by atoms with Crippen molar-refractivity contribution in [3.63, 3.8) is 0 Å². The van der Waals surface area contributed by atoms with Crippen LogP contribution in [0.2, 0.25) is 0 Å². The summed E-state index contributed by atoms with van der Waals surface area (Å²) in [5.74, 6) is -0.0103. The van der Waals surface area contributed by atoms with Crippen molar-refractivity contribution in [2.24, 2.45) is 0 Å². The minimum atomic E-state index is -0.536. The summed E-state index contributed by atoms with van der Waals surface area (Å²) in [5.41, 5.74) is 2.41. The number of amides is 2. The first kappa shape index (κ1) is 22.3. The lowest BCUT2D eigenvalue weighted by atomic mass is 10.2. The van der Waals surface area contributed by atoms with Crippen molar-refractivity contribution in [1.29, 1.82) is 0 Å². The number of hydrogen-bond donors (Lipinski definition) is 3. The minimum Gasteiger partial charge on any atom is -0.497 e. The van der Waals surface area contributed by atoms with Gasteiger partial charge in [0.15, 0.2) is 0 Å². The Labute approximate surface area is 184 Å². The van der Waals surface area contributed by atoms with Crippen LogP contribution >= 0.6 is 0 Å². The summed E-state index contributed by atoms with van der Waals surface area (Å²) in [7, 11) is 1.57. The third-order valence-electron chi connectivity index (χ3n) is 4.57. The van der Waals surface area contributed by atoms with Crippen LogP contribution in [0.4, 0.5) is 22.7 Å². The third-order valence-corrected chi connectivity index (χ3v) is 4.57. The number of nitrogens with one attached hydrogen (secondary N) is 3. The van der Waals surface area contributed by atoms with Crippen molar-refractivity contribution < 1.29 is 19.2 Å². The number of ether oxygens (including phenoxy) is 1. The fourth-order valence-electron chi connectivity index (χ4n) is 2.89. The number of rotatable bonds is 8. The van der Waals surface area contributed by atoms with Crippen LogP contribution in [0.5, 0.6) is 5.75 Å². The summed E-state index contributed by atoms with van der Waals surface area (Å²) in [6, 6.07) is 18.2. The van der Waals surface area contributed by atoms with Crippen LogP contribution in [0.15, 0.2) is 66.7 Å². The Bertz CT molecular complexity index is 1130. The Morgan fingerprint density at radius 3 is 2.22 bits per heavy atom. The molecule has 32 heavy (non-hydrogen) atoms. The van der Waals surface area contributed by atoms with Crippen molar-refractivity contribution in [2.75, 3.05) is 29.6 Å². The van der Waals surface area contributed by atoms with E-state index in [-0.39, 0.29) is 23.8 Å². The van der Waals surface area contributed by atoms with Gasteiger partial charge in [0.1, 0.15) is 11.4 Å². The zero-order chi connectivity index (χ0) is 23.1. The van der Waals surface area contributed by atoms with Gasteiger partial charge in [-0.25, -0.2) is 0 Å². The molecular formula is C23H22N4O5. The summed E-state index contributed by atoms with van der Waals surface area (Å²) >= 11 is 0. The molecule has 0 fully saturated rings. The molecule has 3 rings (SSSR count). The molecule has 0 radical (unpaired) electrons. The van der Waals surface area contributed by atoms with E-state index in [0.717, 1.165) is 5.56 Å². The van der Waals surface area contributed by atoms with E-state index >= 15 is 0 Å². The van der Waals surface area contributed by atoms with Crippen molar-refractivity contribution in [3.05, 3.63) is 88.0 Å². The second-order valence-corrected chi connectivity index (χ2v) is 6.94. The second-order valence-electron chi connectivity index (χ2n) is 6.94. The first-order valence-corrected chi connectivity index (χ1v) is 9.70. The summed E-state index contributed by atoms with van der Waals surface area (Å²) in [6.07, 6.45) is 0. The number of aryl methyl sites for hydroxylation is 1. The van der Waals surface area contributed by atoms with E-state index in [1.54, 1.807) is 68.6 Å². The van der Waals surface area contributed by atoms with Crippen molar-refractivity contribution in [1.82, 2.24) is 0 Å². The Hall–Kier alpha value is -4.40. The van der Waals surface area contributed by atoms with E-state index in [1.165, 1.54) is 12.1 Å². The molecule has 0 bridgehead atoms. The van der Waals surface area contributed by atoms with Gasteiger partial charge in [0, 0.05) is 23.0 Å². The summed E-state index contributed by atoms with van der Waals surface area (Å²) in [6.45, 7) is 1.64. The molecule has 0 saturated heterocycles. The van der Waals surface area contributed by atoms with Crippen molar-refractivity contribution >= 4 is 34.6 Å². The smallest absolute Gasteiger partial charge is 0.293 e. The number of nitrogens with zero attached hydrogens (tertiary/aromatic N) is 1. The maximum absolute atomic E-state index is 12.4. The van der Waals surface area contributed by atoms with Crippen LogP contribution < -0.4 is 20.7 Å². The zero-order valence-electron chi connectivity index (χ0n) is 17.5. The van der Waals surface area contributed by atoms with Gasteiger partial charge in [-0.05, 0) is 67.1 Å². The Kier molecular flexibility index (Phi) is 7.02. The summed E-state index contributed by atoms with van der Waals surface area (Å²) < 4.78 is 5.09. The topological polar surface area (TPSA) is 123 Å². The Balaban J connectivity index is 1.54. The first-order chi connectivity index (χ1) is 15.4. The summed E-state index contributed by atoms with van der Waals surface area (Å²) in [4.78, 5) is 35.2. The highest BCUT2D eigenvalue weighted by Crippen LogP contribution is 2.25. The van der Waals surface area contributed by atoms with Crippen LogP contribution in [0.25, 0.3) is 0 Å². The lowest BCUT2D eigenvalue weighted by Gasteiger charge is -2.10. The highest BCUT2D eigenvalue weighted by Gasteiger charge is 2.16. The maximum atomic E-state index is 12.4. The average molecular weight is 434 g/mol. The monoisotopic (exact) mass is 434 g/mol. The van der Waals surface area contributed by atoms with E-state index in [0.29, 0.717) is 22.7 Å². The SMILES string of the molecule is COc1ccc(NC(=O)c2ccc(NCC(=O)Nc3ccc(C)cc3[N+](=O)[O-])cc2)cc1. The van der Waals surface area contributed by atoms with Crippen molar-refractivity contribution in [2.45, 2.75) is 6.92 Å². The lowest BCUT2D eigenvalue weighted by Crippen LogP contribution is -2.22. The second kappa shape index (κ2) is 10.1. The number of nitro benzene ring substituents is 1. The zero-order valence-corrected chi connectivity index (χ0v) is 17.5. The number of anilines is 3. The maximum Gasteiger partial charge on any atom is 0.293 e. The van der Waals surface area contributed by atoms with E-state index in [9.17, 15) is 19.7 Å². The van der Waals surface area contributed by atoms with Crippen molar-refractivity contribution in [3.8, 4) is 5.75 Å². The van der Waals surface area contributed by atoms with Gasteiger partial charge in [-0.15, -0.1) is 0 Å². The van der Waals surface area contributed by atoms with Crippen LogP contribution in [0.3, 0.4) is 0 Å². The molecule has 0 aliphatic carbocycles. The molecule has 0 atom stereocenters. The molecule has 0 saturated carbocycles. The highest BCUT2D eigenvalue weighted by molar-refractivity contribution is 6.04. The van der Waals surface area contributed by atoms with Gasteiger partial charge in [0.25, 0.3) is 11.6 Å². The molecule has 9 nitrogen and oxygen atoms in total. The molecule has 3 aromatic carbocycles. The first-order valence-electron chi connectivity index (χ1n) is 9.70. The van der Waals surface area contributed by atoms with Gasteiger partial charge in [0.2, 0.25) is 5.91 Å². The van der Waals surface area contributed by atoms with Gasteiger partial charge in [-0.1, -0.05) is 6.07 Å². The lowest BCUT2D eigenvalue weighted by molar-refractivity contribution is -0.384. The van der Waals surface area contributed by atoms with Gasteiger partial charge in [-0.2, -0.15) is 0 Å². The molecule has 3 aromatic rings. The molecular weight excluding hydrogens is 412 g/mol. The standard InChI is InChI=1S/C23H22N4O5/c1-15-3-12-20(21(13-15)27(30)31)26-22(28)14-24-17-6-4-16(5-7-17)23(29)25-18-8-10-19(32-2)11-9-18/h3-13,24H,14H2,1-2H3,(H,25,29)(H,26,28). The predicted octanol–water partition coefficient (Wildman–Crippen LogP) is 4.21. The molecule has 0 aliphatic rings. The fraction of sp³-hybridized carbons (Fsp3) is 0.130. The summed E-state index contributed by atoms with van der Waals surface area (Å²) in [5, 5.41) is 19.4. The quantitative estimate of drug-likeness (QED) is 0.360. The highest BCUT2D eigenvalue weighted by atomic mass is 16.6. The van der Waals surface area contributed by atoms with Gasteiger partial charge in [-0.3, -0.25) is 19.7 Å². The molecule has 0 aliphatic heterocycles. The molecule has 2 amide bonds. The van der Waals surface area contributed by atoms with Gasteiger partial charge < -0.3 is 20.7 Å². The molecule has 164 valence electrons. The number of hydrogen-bond acceptors (Lipinski definition) is 6. The van der Waals surface area contributed by atoms with Crippen LogP contribution in [0.1, 0.15) is 15.9 Å². The number of benzene rings is 3. The molecule has 0 spiro atoms. The fourth-order valence-corrected chi connectivity index (χ4v) is 2.89. The van der Waals surface area contributed by atoms with E-state index < -0.39 is 10.8 Å². The molecule has 9 heteroatoms. The predicted molar refractivity (Wildman–Crippen MR) is 122 cm³/mol. The third kappa shape index (κ3) is 5.82. The normalized spacial score (nSPS) is 10.2. The van der Waals surface area contributed by atoms with E-state index in [4.69, 9.17) is 4.74 Å². The largest absolute Gasteiger partial charge is 0.497 e. The molecule has 3 N–H and O–H groups in total. The molecule has 0 heterocycles.